The molecule has 0 radical (unpaired) electrons. The molecule has 1 aromatic heterocycles. The number of rotatable bonds is 3. The van der Waals surface area contributed by atoms with E-state index in [0.29, 0.717) is 0 Å². The Labute approximate surface area is 80.9 Å². The SMILES string of the molecule is CC1(NC(=O)Cn2cnnn2)CNC1. The first-order valence-corrected chi connectivity index (χ1v) is 4.40. The van der Waals surface area contributed by atoms with Crippen LogP contribution in [0, 0.1) is 0 Å². The molecule has 1 aromatic rings. The van der Waals surface area contributed by atoms with Gasteiger partial charge in [-0.2, -0.15) is 0 Å². The quantitative estimate of drug-likeness (QED) is 0.593. The molecule has 1 aliphatic heterocycles. The van der Waals surface area contributed by atoms with E-state index in [9.17, 15) is 4.79 Å². The fraction of sp³-hybridized carbons (Fsp3) is 0.714. The van der Waals surface area contributed by atoms with E-state index in [1.165, 1.54) is 11.0 Å². The zero-order valence-electron chi connectivity index (χ0n) is 7.90. The van der Waals surface area contributed by atoms with Gasteiger partial charge in [0.05, 0.1) is 5.54 Å². The number of aromatic nitrogens is 4. The summed E-state index contributed by atoms with van der Waals surface area (Å²) in [5, 5.41) is 16.5. The third-order valence-electron chi connectivity index (χ3n) is 2.17. The molecule has 1 amide bonds. The maximum Gasteiger partial charge on any atom is 0.242 e. The number of hydrogen-bond donors (Lipinski definition) is 2. The predicted molar refractivity (Wildman–Crippen MR) is 47.2 cm³/mol. The molecule has 7 heteroatoms. The van der Waals surface area contributed by atoms with Gasteiger partial charge in [0, 0.05) is 13.1 Å². The van der Waals surface area contributed by atoms with E-state index < -0.39 is 0 Å². The van der Waals surface area contributed by atoms with Crippen molar-refractivity contribution in [3.63, 3.8) is 0 Å². The summed E-state index contributed by atoms with van der Waals surface area (Å²) in [6, 6.07) is 0. The molecule has 7 nitrogen and oxygen atoms in total. The van der Waals surface area contributed by atoms with Gasteiger partial charge in [-0.1, -0.05) is 0 Å². The van der Waals surface area contributed by atoms with Gasteiger partial charge in [0.1, 0.15) is 12.9 Å². The summed E-state index contributed by atoms with van der Waals surface area (Å²) in [5.74, 6) is -0.0682. The number of carbonyl (C=O) groups excluding carboxylic acids is 1. The van der Waals surface area contributed by atoms with Crippen LogP contribution in [-0.4, -0.2) is 44.7 Å². The highest BCUT2D eigenvalue weighted by Crippen LogP contribution is 2.08. The third-order valence-corrected chi connectivity index (χ3v) is 2.17. The average molecular weight is 196 g/mol. The van der Waals surface area contributed by atoms with Crippen molar-refractivity contribution in [1.29, 1.82) is 0 Å². The Bertz CT molecular complexity index is 317. The van der Waals surface area contributed by atoms with Crippen LogP contribution in [0.1, 0.15) is 6.92 Å². The van der Waals surface area contributed by atoms with Crippen LogP contribution in [-0.2, 0) is 11.3 Å². The molecule has 1 fully saturated rings. The number of hydrogen-bond acceptors (Lipinski definition) is 5. The molecule has 2 rings (SSSR count). The van der Waals surface area contributed by atoms with Crippen molar-refractivity contribution in [1.82, 2.24) is 30.8 Å². The highest BCUT2D eigenvalue weighted by molar-refractivity contribution is 5.76. The first-order chi connectivity index (χ1) is 6.68. The molecule has 1 saturated heterocycles. The van der Waals surface area contributed by atoms with Crippen molar-refractivity contribution < 1.29 is 4.79 Å². The Hall–Kier alpha value is -1.50. The molecule has 0 saturated carbocycles. The van der Waals surface area contributed by atoms with E-state index in [-0.39, 0.29) is 18.0 Å². The fourth-order valence-corrected chi connectivity index (χ4v) is 1.36. The first-order valence-electron chi connectivity index (χ1n) is 4.40. The van der Waals surface area contributed by atoms with Crippen LogP contribution in [0.3, 0.4) is 0 Å². The van der Waals surface area contributed by atoms with Crippen LogP contribution < -0.4 is 10.6 Å². The summed E-state index contributed by atoms with van der Waals surface area (Å²) < 4.78 is 1.39. The minimum Gasteiger partial charge on any atom is -0.347 e. The number of nitrogens with one attached hydrogen (secondary N) is 2. The van der Waals surface area contributed by atoms with Crippen LogP contribution in [0.25, 0.3) is 0 Å². The summed E-state index contributed by atoms with van der Waals surface area (Å²) in [7, 11) is 0. The fourth-order valence-electron chi connectivity index (χ4n) is 1.36. The number of nitrogens with zero attached hydrogens (tertiary/aromatic N) is 4. The van der Waals surface area contributed by atoms with Gasteiger partial charge in [0.15, 0.2) is 0 Å². The topological polar surface area (TPSA) is 84.7 Å². The summed E-state index contributed by atoms with van der Waals surface area (Å²) in [6.07, 6.45) is 1.42. The normalized spacial score (nSPS) is 18.6. The standard InChI is InChI=1S/C7H12N6O/c1-7(3-8-4-7)10-6(14)2-13-5-9-11-12-13/h5,8H,2-4H2,1H3,(H,10,14). The molecule has 2 N–H and O–H groups in total. The molecule has 0 aromatic carbocycles. The summed E-state index contributed by atoms with van der Waals surface area (Å²) >= 11 is 0. The van der Waals surface area contributed by atoms with Crippen molar-refractivity contribution in [2.24, 2.45) is 0 Å². The lowest BCUT2D eigenvalue weighted by atomic mass is 9.95. The molecule has 14 heavy (non-hydrogen) atoms. The van der Waals surface area contributed by atoms with E-state index in [1.807, 2.05) is 6.92 Å². The highest BCUT2D eigenvalue weighted by atomic mass is 16.2. The van der Waals surface area contributed by atoms with Crippen molar-refractivity contribution in [3.8, 4) is 0 Å². The zero-order chi connectivity index (χ0) is 10.0. The lowest BCUT2D eigenvalue weighted by molar-refractivity contribution is -0.124. The van der Waals surface area contributed by atoms with Gasteiger partial charge in [-0.25, -0.2) is 4.68 Å². The zero-order valence-corrected chi connectivity index (χ0v) is 7.90. The maximum absolute atomic E-state index is 11.5. The first kappa shape index (κ1) is 9.07. The number of amides is 1. The predicted octanol–water partition coefficient (Wildman–Crippen LogP) is -1.85. The molecular formula is C7H12N6O. The largest absolute Gasteiger partial charge is 0.347 e. The molecule has 2 heterocycles. The maximum atomic E-state index is 11.5. The Kier molecular flexibility index (Phi) is 2.16. The molecular weight excluding hydrogens is 184 g/mol. The smallest absolute Gasteiger partial charge is 0.242 e. The van der Waals surface area contributed by atoms with Crippen molar-refractivity contribution >= 4 is 5.91 Å². The summed E-state index contributed by atoms with van der Waals surface area (Å²) in [5.41, 5.74) is -0.106. The van der Waals surface area contributed by atoms with Crippen LogP contribution in [0.5, 0.6) is 0 Å². The van der Waals surface area contributed by atoms with Gasteiger partial charge in [-0.15, -0.1) is 5.10 Å². The molecule has 1 aliphatic rings. The van der Waals surface area contributed by atoms with Gasteiger partial charge < -0.3 is 10.6 Å². The van der Waals surface area contributed by atoms with Gasteiger partial charge in [0.25, 0.3) is 0 Å². The second-order valence-corrected chi connectivity index (χ2v) is 3.72. The van der Waals surface area contributed by atoms with Gasteiger partial charge in [-0.05, 0) is 17.4 Å². The van der Waals surface area contributed by atoms with Crippen LogP contribution >= 0.6 is 0 Å². The van der Waals surface area contributed by atoms with Crippen molar-refractivity contribution in [2.75, 3.05) is 13.1 Å². The lowest BCUT2D eigenvalue weighted by Gasteiger charge is -2.39. The Morgan fingerprint density at radius 1 is 1.71 bits per heavy atom. The Balaban J connectivity index is 1.84. The van der Waals surface area contributed by atoms with Gasteiger partial charge >= 0.3 is 0 Å². The van der Waals surface area contributed by atoms with Crippen LogP contribution in [0.2, 0.25) is 0 Å². The number of carbonyl (C=O) groups is 1. The number of tetrazole rings is 1. The summed E-state index contributed by atoms with van der Waals surface area (Å²) in [6.45, 7) is 3.80. The molecule has 0 bridgehead atoms. The second kappa shape index (κ2) is 3.33. The minimum atomic E-state index is -0.106. The lowest BCUT2D eigenvalue weighted by Crippen LogP contribution is -2.67. The van der Waals surface area contributed by atoms with Gasteiger partial charge in [0.2, 0.25) is 5.91 Å². The molecule has 0 spiro atoms. The second-order valence-electron chi connectivity index (χ2n) is 3.72. The molecule has 0 atom stereocenters. The van der Waals surface area contributed by atoms with Crippen LogP contribution in [0.4, 0.5) is 0 Å². The Morgan fingerprint density at radius 2 is 2.50 bits per heavy atom. The Morgan fingerprint density at radius 3 is 3.00 bits per heavy atom. The van der Waals surface area contributed by atoms with Crippen molar-refractivity contribution in [2.45, 2.75) is 19.0 Å². The minimum absolute atomic E-state index is 0.0682. The summed E-state index contributed by atoms with van der Waals surface area (Å²) in [4.78, 5) is 11.5. The van der Waals surface area contributed by atoms with Crippen molar-refractivity contribution in [3.05, 3.63) is 6.33 Å². The third kappa shape index (κ3) is 1.87. The molecule has 0 aliphatic carbocycles. The van der Waals surface area contributed by atoms with E-state index in [2.05, 4.69) is 26.2 Å². The van der Waals surface area contributed by atoms with E-state index >= 15 is 0 Å². The van der Waals surface area contributed by atoms with E-state index in [1.54, 1.807) is 0 Å². The van der Waals surface area contributed by atoms with Crippen LogP contribution in [0.15, 0.2) is 6.33 Å². The highest BCUT2D eigenvalue weighted by Gasteiger charge is 2.32. The molecule has 0 unspecified atom stereocenters. The molecule has 76 valence electrons. The van der Waals surface area contributed by atoms with Gasteiger partial charge in [-0.3, -0.25) is 4.79 Å². The van der Waals surface area contributed by atoms with E-state index in [0.717, 1.165) is 13.1 Å². The average Bonchev–Trinajstić information content (AvgIpc) is 2.53. The monoisotopic (exact) mass is 196 g/mol. The van der Waals surface area contributed by atoms with E-state index in [4.69, 9.17) is 0 Å².